The summed E-state index contributed by atoms with van der Waals surface area (Å²) in [6.07, 6.45) is 6.22. The molecular formula is C16H22N2. The van der Waals surface area contributed by atoms with Crippen molar-refractivity contribution in [3.05, 3.63) is 41.5 Å². The van der Waals surface area contributed by atoms with Gasteiger partial charge in [0.15, 0.2) is 0 Å². The molecule has 0 saturated carbocycles. The molecule has 0 atom stereocenters. The molecule has 1 aromatic carbocycles. The standard InChI is InChI=1S/C16H22N2/c1-2-12-18(11-1)13-14-3-5-15(6-4-14)16-7-9-17-10-8-16/h3-7,17H,1-2,8-13H2. The van der Waals surface area contributed by atoms with Crippen LogP contribution in [-0.2, 0) is 6.54 Å². The van der Waals surface area contributed by atoms with Crippen LogP contribution in [0.4, 0.5) is 0 Å². The molecular weight excluding hydrogens is 220 g/mol. The van der Waals surface area contributed by atoms with Crippen LogP contribution in [0.3, 0.4) is 0 Å². The summed E-state index contributed by atoms with van der Waals surface area (Å²) in [7, 11) is 0. The summed E-state index contributed by atoms with van der Waals surface area (Å²) >= 11 is 0. The van der Waals surface area contributed by atoms with Crippen molar-refractivity contribution in [3.63, 3.8) is 0 Å². The van der Waals surface area contributed by atoms with Crippen molar-refractivity contribution < 1.29 is 0 Å². The monoisotopic (exact) mass is 242 g/mol. The maximum absolute atomic E-state index is 3.36. The third kappa shape index (κ3) is 2.82. The zero-order chi connectivity index (χ0) is 12.2. The summed E-state index contributed by atoms with van der Waals surface area (Å²) in [4.78, 5) is 2.55. The molecule has 2 nitrogen and oxygen atoms in total. The predicted molar refractivity (Wildman–Crippen MR) is 76.4 cm³/mol. The van der Waals surface area contributed by atoms with Crippen LogP contribution in [0.2, 0.25) is 0 Å². The van der Waals surface area contributed by atoms with E-state index in [4.69, 9.17) is 0 Å². The lowest BCUT2D eigenvalue weighted by Crippen LogP contribution is -2.20. The highest BCUT2D eigenvalue weighted by Gasteiger charge is 2.12. The Morgan fingerprint density at radius 3 is 2.50 bits per heavy atom. The van der Waals surface area contributed by atoms with Gasteiger partial charge in [-0.05, 0) is 55.6 Å². The minimum Gasteiger partial charge on any atom is -0.313 e. The van der Waals surface area contributed by atoms with E-state index in [0.717, 1.165) is 26.1 Å². The first-order chi connectivity index (χ1) is 8.92. The van der Waals surface area contributed by atoms with Crippen molar-refractivity contribution in [2.45, 2.75) is 25.8 Å². The molecule has 0 unspecified atom stereocenters. The van der Waals surface area contributed by atoms with Gasteiger partial charge in [0.2, 0.25) is 0 Å². The van der Waals surface area contributed by atoms with Crippen molar-refractivity contribution in [1.82, 2.24) is 10.2 Å². The topological polar surface area (TPSA) is 15.3 Å². The van der Waals surface area contributed by atoms with Gasteiger partial charge in [-0.2, -0.15) is 0 Å². The zero-order valence-corrected chi connectivity index (χ0v) is 11.0. The number of hydrogen-bond acceptors (Lipinski definition) is 2. The molecule has 1 N–H and O–H groups in total. The molecule has 0 aromatic heterocycles. The average molecular weight is 242 g/mol. The lowest BCUT2D eigenvalue weighted by atomic mass is 9.99. The van der Waals surface area contributed by atoms with Gasteiger partial charge in [-0.3, -0.25) is 4.90 Å². The molecule has 0 spiro atoms. The summed E-state index contributed by atoms with van der Waals surface area (Å²) in [6, 6.07) is 9.19. The molecule has 1 saturated heterocycles. The molecule has 18 heavy (non-hydrogen) atoms. The number of hydrogen-bond donors (Lipinski definition) is 1. The number of likely N-dealkylation sites (tertiary alicyclic amines) is 1. The van der Waals surface area contributed by atoms with Crippen molar-refractivity contribution in [3.8, 4) is 0 Å². The van der Waals surface area contributed by atoms with E-state index in [1.807, 2.05) is 0 Å². The number of benzene rings is 1. The largest absolute Gasteiger partial charge is 0.313 e. The molecule has 0 aliphatic carbocycles. The SMILES string of the molecule is C1=C(c2ccc(CN3CCCC3)cc2)CCNC1. The molecule has 96 valence electrons. The molecule has 1 fully saturated rings. The van der Waals surface area contributed by atoms with Gasteiger partial charge in [-0.1, -0.05) is 30.3 Å². The van der Waals surface area contributed by atoms with E-state index in [1.54, 1.807) is 0 Å². The molecule has 3 rings (SSSR count). The molecule has 2 aliphatic heterocycles. The molecule has 0 amide bonds. The normalized spacial score (nSPS) is 21.0. The van der Waals surface area contributed by atoms with Crippen molar-refractivity contribution in [1.29, 1.82) is 0 Å². The first kappa shape index (κ1) is 11.9. The van der Waals surface area contributed by atoms with Crippen molar-refractivity contribution >= 4 is 5.57 Å². The zero-order valence-electron chi connectivity index (χ0n) is 11.0. The van der Waals surface area contributed by atoms with E-state index in [9.17, 15) is 0 Å². The lowest BCUT2D eigenvalue weighted by Gasteiger charge is -2.16. The Hall–Kier alpha value is -1.12. The van der Waals surface area contributed by atoms with E-state index >= 15 is 0 Å². The number of nitrogens with zero attached hydrogens (tertiary/aromatic N) is 1. The minimum absolute atomic E-state index is 1.02. The third-order valence-electron chi connectivity index (χ3n) is 3.99. The van der Waals surface area contributed by atoms with Crippen LogP contribution in [0, 0.1) is 0 Å². The van der Waals surface area contributed by atoms with Crippen LogP contribution >= 0.6 is 0 Å². The predicted octanol–water partition coefficient (Wildman–Crippen LogP) is 2.66. The quantitative estimate of drug-likeness (QED) is 0.876. The fourth-order valence-corrected chi connectivity index (χ4v) is 2.91. The Kier molecular flexibility index (Phi) is 3.77. The molecule has 0 radical (unpaired) electrons. The van der Waals surface area contributed by atoms with Crippen LogP contribution < -0.4 is 5.32 Å². The van der Waals surface area contributed by atoms with E-state index in [-0.39, 0.29) is 0 Å². The van der Waals surface area contributed by atoms with Crippen LogP contribution in [-0.4, -0.2) is 31.1 Å². The van der Waals surface area contributed by atoms with Gasteiger partial charge >= 0.3 is 0 Å². The summed E-state index contributed by atoms with van der Waals surface area (Å²) < 4.78 is 0. The van der Waals surface area contributed by atoms with Gasteiger partial charge in [0.1, 0.15) is 0 Å². The Morgan fingerprint density at radius 2 is 1.83 bits per heavy atom. The highest BCUT2D eigenvalue weighted by atomic mass is 15.1. The van der Waals surface area contributed by atoms with E-state index in [2.05, 4.69) is 40.6 Å². The van der Waals surface area contributed by atoms with E-state index in [1.165, 1.54) is 42.6 Å². The summed E-state index contributed by atoms with van der Waals surface area (Å²) in [5, 5.41) is 3.36. The molecule has 2 heterocycles. The van der Waals surface area contributed by atoms with Crippen LogP contribution in [0.25, 0.3) is 5.57 Å². The van der Waals surface area contributed by atoms with Gasteiger partial charge < -0.3 is 5.32 Å². The fraction of sp³-hybridized carbons (Fsp3) is 0.500. The Morgan fingerprint density at radius 1 is 1.06 bits per heavy atom. The molecule has 2 heteroatoms. The average Bonchev–Trinajstić information content (AvgIpc) is 2.94. The maximum Gasteiger partial charge on any atom is 0.0233 e. The van der Waals surface area contributed by atoms with Gasteiger partial charge in [-0.25, -0.2) is 0 Å². The van der Waals surface area contributed by atoms with Gasteiger partial charge in [-0.15, -0.1) is 0 Å². The van der Waals surface area contributed by atoms with Gasteiger partial charge in [0.25, 0.3) is 0 Å². The van der Waals surface area contributed by atoms with Gasteiger partial charge in [0, 0.05) is 13.1 Å². The smallest absolute Gasteiger partial charge is 0.0233 e. The molecule has 0 bridgehead atoms. The van der Waals surface area contributed by atoms with Crippen LogP contribution in [0.5, 0.6) is 0 Å². The summed E-state index contributed by atoms with van der Waals surface area (Å²) in [6.45, 7) is 5.81. The second-order valence-electron chi connectivity index (χ2n) is 5.36. The molecule has 2 aliphatic rings. The van der Waals surface area contributed by atoms with Crippen molar-refractivity contribution in [2.24, 2.45) is 0 Å². The highest BCUT2D eigenvalue weighted by molar-refractivity contribution is 5.66. The lowest BCUT2D eigenvalue weighted by molar-refractivity contribution is 0.331. The number of rotatable bonds is 3. The Balaban J connectivity index is 1.66. The van der Waals surface area contributed by atoms with Crippen molar-refractivity contribution in [2.75, 3.05) is 26.2 Å². The molecule has 1 aromatic rings. The van der Waals surface area contributed by atoms with E-state index in [0.29, 0.717) is 0 Å². The second kappa shape index (κ2) is 5.68. The Bertz CT molecular complexity index is 413. The Labute approximate surface area is 110 Å². The fourth-order valence-electron chi connectivity index (χ4n) is 2.91. The number of nitrogens with one attached hydrogen (secondary N) is 1. The van der Waals surface area contributed by atoms with Crippen LogP contribution in [0.15, 0.2) is 30.3 Å². The van der Waals surface area contributed by atoms with Gasteiger partial charge in [0.05, 0.1) is 0 Å². The summed E-state index contributed by atoms with van der Waals surface area (Å²) in [5.74, 6) is 0. The highest BCUT2D eigenvalue weighted by Crippen LogP contribution is 2.21. The first-order valence-electron chi connectivity index (χ1n) is 7.13. The minimum atomic E-state index is 1.02. The third-order valence-corrected chi connectivity index (χ3v) is 3.99. The maximum atomic E-state index is 3.36. The van der Waals surface area contributed by atoms with Crippen LogP contribution in [0.1, 0.15) is 30.4 Å². The van der Waals surface area contributed by atoms with E-state index < -0.39 is 0 Å². The first-order valence-corrected chi connectivity index (χ1v) is 7.13. The summed E-state index contributed by atoms with van der Waals surface area (Å²) in [5.41, 5.74) is 4.36. The second-order valence-corrected chi connectivity index (χ2v) is 5.36.